The van der Waals surface area contributed by atoms with E-state index in [0.29, 0.717) is 5.88 Å². The molecule has 0 aliphatic rings. The second kappa shape index (κ2) is 6.47. The number of thiazole rings is 1. The van der Waals surface area contributed by atoms with Gasteiger partial charge in [0.05, 0.1) is 17.8 Å². The molecule has 0 radical (unpaired) electrons. The number of methoxy groups -OCH3 is 1. The second-order valence-electron chi connectivity index (χ2n) is 3.98. The summed E-state index contributed by atoms with van der Waals surface area (Å²) in [7, 11) is 1.63. The van der Waals surface area contributed by atoms with Crippen molar-refractivity contribution in [1.29, 1.82) is 0 Å². The SMILES string of the molecule is COc1cccc(CNCCc2nc(C)cs2)n1. The lowest BCUT2D eigenvalue weighted by Gasteiger charge is -2.04. The highest BCUT2D eigenvalue weighted by molar-refractivity contribution is 7.09. The maximum Gasteiger partial charge on any atom is 0.213 e. The lowest BCUT2D eigenvalue weighted by atomic mass is 10.3. The molecule has 96 valence electrons. The molecule has 5 heteroatoms. The molecular formula is C13H17N3OS. The fourth-order valence-corrected chi connectivity index (χ4v) is 2.37. The third-order valence-corrected chi connectivity index (χ3v) is 3.51. The molecule has 2 heterocycles. The molecule has 2 rings (SSSR count). The van der Waals surface area contributed by atoms with E-state index in [4.69, 9.17) is 4.74 Å². The van der Waals surface area contributed by atoms with Gasteiger partial charge >= 0.3 is 0 Å². The maximum absolute atomic E-state index is 5.09. The highest BCUT2D eigenvalue weighted by atomic mass is 32.1. The summed E-state index contributed by atoms with van der Waals surface area (Å²) in [5.41, 5.74) is 2.09. The van der Waals surface area contributed by atoms with E-state index in [1.165, 1.54) is 5.01 Å². The van der Waals surface area contributed by atoms with Crippen LogP contribution in [0.4, 0.5) is 0 Å². The molecule has 0 aromatic carbocycles. The molecule has 0 aliphatic carbocycles. The fraction of sp³-hybridized carbons (Fsp3) is 0.385. The lowest BCUT2D eigenvalue weighted by molar-refractivity contribution is 0.395. The zero-order valence-corrected chi connectivity index (χ0v) is 11.5. The molecule has 0 spiro atoms. The van der Waals surface area contributed by atoms with Gasteiger partial charge in [-0.2, -0.15) is 0 Å². The van der Waals surface area contributed by atoms with Gasteiger partial charge in [0.1, 0.15) is 0 Å². The van der Waals surface area contributed by atoms with Gasteiger partial charge < -0.3 is 10.1 Å². The normalized spacial score (nSPS) is 10.6. The van der Waals surface area contributed by atoms with Crippen LogP contribution in [0, 0.1) is 6.92 Å². The molecule has 0 amide bonds. The van der Waals surface area contributed by atoms with E-state index in [9.17, 15) is 0 Å². The average Bonchev–Trinajstić information content (AvgIpc) is 2.81. The Kier molecular flexibility index (Phi) is 4.66. The minimum atomic E-state index is 0.657. The summed E-state index contributed by atoms with van der Waals surface area (Å²) in [6, 6.07) is 5.79. The standard InChI is InChI=1S/C13H17N3OS/c1-10-9-18-13(15-10)6-7-14-8-11-4-3-5-12(16-11)17-2/h3-5,9,14H,6-8H2,1-2H3. The Morgan fingerprint density at radius 2 is 2.22 bits per heavy atom. The summed E-state index contributed by atoms with van der Waals surface area (Å²) in [6.45, 7) is 3.68. The Balaban J connectivity index is 1.74. The van der Waals surface area contributed by atoms with Crippen molar-refractivity contribution in [3.05, 3.63) is 40.0 Å². The van der Waals surface area contributed by atoms with Gasteiger partial charge in [-0.15, -0.1) is 11.3 Å². The van der Waals surface area contributed by atoms with Gasteiger partial charge in [0.25, 0.3) is 0 Å². The summed E-state index contributed by atoms with van der Waals surface area (Å²) in [4.78, 5) is 8.77. The van der Waals surface area contributed by atoms with Crippen LogP contribution in [0.15, 0.2) is 23.6 Å². The predicted molar refractivity (Wildman–Crippen MR) is 73.1 cm³/mol. The van der Waals surface area contributed by atoms with Crippen molar-refractivity contribution in [3.63, 3.8) is 0 Å². The monoisotopic (exact) mass is 263 g/mol. The molecule has 0 fully saturated rings. The van der Waals surface area contributed by atoms with E-state index in [1.807, 2.05) is 25.1 Å². The number of rotatable bonds is 6. The van der Waals surface area contributed by atoms with Gasteiger partial charge in [0.2, 0.25) is 5.88 Å². The highest BCUT2D eigenvalue weighted by Gasteiger charge is 2.00. The Morgan fingerprint density at radius 1 is 1.33 bits per heavy atom. The third kappa shape index (κ3) is 3.78. The number of nitrogens with one attached hydrogen (secondary N) is 1. The van der Waals surface area contributed by atoms with Crippen LogP contribution < -0.4 is 10.1 Å². The number of aryl methyl sites for hydroxylation is 1. The van der Waals surface area contributed by atoms with E-state index in [2.05, 4.69) is 20.7 Å². The first-order valence-corrected chi connectivity index (χ1v) is 6.77. The molecular weight excluding hydrogens is 246 g/mol. The van der Waals surface area contributed by atoms with Gasteiger partial charge in [-0.25, -0.2) is 9.97 Å². The molecule has 1 N–H and O–H groups in total. The molecule has 0 bridgehead atoms. The first-order valence-electron chi connectivity index (χ1n) is 5.89. The van der Waals surface area contributed by atoms with Crippen LogP contribution in [0.5, 0.6) is 5.88 Å². The van der Waals surface area contributed by atoms with E-state index in [1.54, 1.807) is 18.4 Å². The van der Waals surface area contributed by atoms with Crippen LogP contribution in [0.2, 0.25) is 0 Å². The molecule has 0 atom stereocenters. The fourth-order valence-electron chi connectivity index (χ4n) is 1.60. The number of aromatic nitrogens is 2. The Bertz CT molecular complexity index is 498. The van der Waals surface area contributed by atoms with Crippen molar-refractivity contribution < 1.29 is 4.74 Å². The van der Waals surface area contributed by atoms with Crippen molar-refractivity contribution in [2.75, 3.05) is 13.7 Å². The Hall–Kier alpha value is -1.46. The number of hydrogen-bond donors (Lipinski definition) is 1. The minimum absolute atomic E-state index is 0.657. The molecule has 0 saturated carbocycles. The van der Waals surface area contributed by atoms with E-state index < -0.39 is 0 Å². The molecule has 2 aromatic heterocycles. The average molecular weight is 263 g/mol. The van der Waals surface area contributed by atoms with Crippen molar-refractivity contribution in [2.24, 2.45) is 0 Å². The molecule has 0 unspecified atom stereocenters. The quantitative estimate of drug-likeness (QED) is 0.812. The summed E-state index contributed by atoms with van der Waals surface area (Å²) in [6.07, 6.45) is 0.961. The number of hydrogen-bond acceptors (Lipinski definition) is 5. The van der Waals surface area contributed by atoms with Crippen LogP contribution in [0.25, 0.3) is 0 Å². The van der Waals surface area contributed by atoms with Crippen molar-refractivity contribution in [1.82, 2.24) is 15.3 Å². The Morgan fingerprint density at radius 3 is 2.94 bits per heavy atom. The van der Waals surface area contributed by atoms with Crippen LogP contribution >= 0.6 is 11.3 Å². The first kappa shape index (κ1) is 13.0. The van der Waals surface area contributed by atoms with Gasteiger partial charge in [-0.05, 0) is 13.0 Å². The predicted octanol–water partition coefficient (Wildman–Crippen LogP) is 2.19. The van der Waals surface area contributed by atoms with Crippen LogP contribution in [0.3, 0.4) is 0 Å². The highest BCUT2D eigenvalue weighted by Crippen LogP contribution is 2.09. The third-order valence-electron chi connectivity index (χ3n) is 2.48. The molecule has 4 nitrogen and oxygen atoms in total. The van der Waals surface area contributed by atoms with E-state index in [0.717, 1.165) is 30.9 Å². The number of ether oxygens (including phenoxy) is 1. The Labute approximate surface area is 111 Å². The topological polar surface area (TPSA) is 47.0 Å². The molecule has 0 aliphatic heterocycles. The summed E-state index contributed by atoms with van der Waals surface area (Å²) in [5, 5.41) is 6.62. The van der Waals surface area contributed by atoms with Crippen molar-refractivity contribution >= 4 is 11.3 Å². The van der Waals surface area contributed by atoms with Crippen molar-refractivity contribution in [2.45, 2.75) is 19.9 Å². The molecule has 18 heavy (non-hydrogen) atoms. The lowest BCUT2D eigenvalue weighted by Crippen LogP contribution is -2.17. The van der Waals surface area contributed by atoms with Gasteiger partial charge in [0, 0.05) is 36.7 Å². The van der Waals surface area contributed by atoms with Crippen LogP contribution in [0.1, 0.15) is 16.4 Å². The van der Waals surface area contributed by atoms with Crippen LogP contribution in [-0.4, -0.2) is 23.6 Å². The summed E-state index contributed by atoms with van der Waals surface area (Å²) < 4.78 is 5.09. The van der Waals surface area contributed by atoms with E-state index >= 15 is 0 Å². The number of nitrogens with zero attached hydrogens (tertiary/aromatic N) is 2. The van der Waals surface area contributed by atoms with Gasteiger partial charge in [-0.3, -0.25) is 0 Å². The minimum Gasteiger partial charge on any atom is -0.481 e. The molecule has 0 saturated heterocycles. The zero-order valence-electron chi connectivity index (χ0n) is 10.6. The van der Waals surface area contributed by atoms with Crippen LogP contribution in [-0.2, 0) is 13.0 Å². The smallest absolute Gasteiger partial charge is 0.213 e. The van der Waals surface area contributed by atoms with E-state index in [-0.39, 0.29) is 0 Å². The zero-order chi connectivity index (χ0) is 12.8. The second-order valence-corrected chi connectivity index (χ2v) is 4.92. The number of pyridine rings is 1. The summed E-state index contributed by atoms with van der Waals surface area (Å²) in [5.74, 6) is 0.657. The maximum atomic E-state index is 5.09. The van der Waals surface area contributed by atoms with Gasteiger partial charge in [-0.1, -0.05) is 6.07 Å². The molecule has 2 aromatic rings. The van der Waals surface area contributed by atoms with Gasteiger partial charge in [0.15, 0.2) is 0 Å². The largest absolute Gasteiger partial charge is 0.481 e. The van der Waals surface area contributed by atoms with Crippen molar-refractivity contribution in [3.8, 4) is 5.88 Å². The summed E-state index contributed by atoms with van der Waals surface area (Å²) >= 11 is 1.72. The first-order chi connectivity index (χ1) is 8.78.